The maximum atomic E-state index is 12.6. The van der Waals surface area contributed by atoms with E-state index in [-0.39, 0.29) is 12.1 Å². The third kappa shape index (κ3) is 2.88. The summed E-state index contributed by atoms with van der Waals surface area (Å²) in [6.07, 6.45) is 7.14. The molecule has 1 atom stereocenters. The van der Waals surface area contributed by atoms with Crippen LogP contribution >= 0.6 is 0 Å². The highest BCUT2D eigenvalue weighted by Gasteiger charge is 2.36. The van der Waals surface area contributed by atoms with Gasteiger partial charge < -0.3 is 10.6 Å². The number of fused-ring (bicyclic) bond motifs is 1. The molecular weight excluding hydrogens is 302 g/mol. The Bertz CT molecular complexity index is 750. The fraction of sp³-hybridized carbons (Fsp3) is 0.500. The van der Waals surface area contributed by atoms with E-state index in [1.807, 2.05) is 23.7 Å². The highest BCUT2D eigenvalue weighted by Crippen LogP contribution is 2.40. The molecule has 1 unspecified atom stereocenters. The summed E-state index contributed by atoms with van der Waals surface area (Å²) < 4.78 is 1.86. The first kappa shape index (κ1) is 15.2. The van der Waals surface area contributed by atoms with Crippen molar-refractivity contribution in [2.45, 2.75) is 51.6 Å². The number of benzene rings is 1. The second-order valence-electron chi connectivity index (χ2n) is 6.64. The van der Waals surface area contributed by atoms with Gasteiger partial charge in [-0.25, -0.2) is 14.5 Å². The molecule has 6 heteroatoms. The average molecular weight is 325 g/mol. The molecule has 0 radical (unpaired) electrons. The van der Waals surface area contributed by atoms with Crippen LogP contribution in [-0.4, -0.2) is 20.8 Å². The molecule has 0 aliphatic heterocycles. The van der Waals surface area contributed by atoms with Gasteiger partial charge in [-0.1, -0.05) is 12.1 Å². The summed E-state index contributed by atoms with van der Waals surface area (Å²) in [5, 5.41) is 10.4. The number of urea groups is 1. The van der Waals surface area contributed by atoms with Crippen molar-refractivity contribution in [1.82, 2.24) is 20.1 Å². The lowest BCUT2D eigenvalue weighted by atomic mass is 10.1. The number of rotatable bonds is 5. The Hall–Kier alpha value is -2.37. The Balaban J connectivity index is 1.49. The first-order chi connectivity index (χ1) is 11.8. The SMILES string of the molecule is CCn1ncnc1C(NC(=O)Nc1cccc2c1CCC2)C1CC1. The molecule has 126 valence electrons. The Labute approximate surface area is 141 Å². The number of hydrogen-bond donors (Lipinski definition) is 2. The van der Waals surface area contributed by atoms with E-state index in [9.17, 15) is 4.79 Å². The Morgan fingerprint density at radius 2 is 2.25 bits per heavy atom. The van der Waals surface area contributed by atoms with Gasteiger partial charge in [0, 0.05) is 12.2 Å². The van der Waals surface area contributed by atoms with E-state index >= 15 is 0 Å². The molecule has 0 spiro atoms. The highest BCUT2D eigenvalue weighted by atomic mass is 16.2. The van der Waals surface area contributed by atoms with Gasteiger partial charge >= 0.3 is 6.03 Å². The Morgan fingerprint density at radius 3 is 3.04 bits per heavy atom. The molecule has 6 nitrogen and oxygen atoms in total. The van der Waals surface area contributed by atoms with E-state index in [0.29, 0.717) is 5.92 Å². The lowest BCUT2D eigenvalue weighted by molar-refractivity contribution is 0.246. The fourth-order valence-electron chi connectivity index (χ4n) is 3.62. The van der Waals surface area contributed by atoms with Crippen LogP contribution < -0.4 is 10.6 Å². The highest BCUT2D eigenvalue weighted by molar-refractivity contribution is 5.90. The summed E-state index contributed by atoms with van der Waals surface area (Å²) in [5.41, 5.74) is 3.58. The number of aromatic nitrogens is 3. The predicted molar refractivity (Wildman–Crippen MR) is 91.8 cm³/mol. The molecule has 2 aliphatic rings. The summed E-state index contributed by atoms with van der Waals surface area (Å²) in [4.78, 5) is 16.9. The third-order valence-corrected chi connectivity index (χ3v) is 5.00. The molecule has 1 aromatic heterocycles. The largest absolute Gasteiger partial charge is 0.328 e. The number of amides is 2. The standard InChI is InChI=1S/C18H23N5O/c1-2-23-17(19-11-20-23)16(13-9-10-13)22-18(24)21-15-8-4-6-12-5-3-7-14(12)15/h4,6,8,11,13,16H,2-3,5,7,9-10H2,1H3,(H2,21,22,24). The number of aryl methyl sites for hydroxylation is 2. The first-order valence-corrected chi connectivity index (χ1v) is 8.82. The van der Waals surface area contributed by atoms with Crippen LogP contribution in [0.4, 0.5) is 10.5 Å². The summed E-state index contributed by atoms with van der Waals surface area (Å²) in [5.74, 6) is 1.32. The Kier molecular flexibility index (Phi) is 3.96. The number of carbonyl (C=O) groups excluding carboxylic acids is 1. The molecule has 2 N–H and O–H groups in total. The fourth-order valence-corrected chi connectivity index (χ4v) is 3.62. The number of hydrogen-bond acceptors (Lipinski definition) is 3. The van der Waals surface area contributed by atoms with Gasteiger partial charge in [0.05, 0.1) is 6.04 Å². The number of anilines is 1. The second-order valence-corrected chi connectivity index (χ2v) is 6.64. The molecule has 1 aromatic carbocycles. The molecule has 2 amide bonds. The van der Waals surface area contributed by atoms with E-state index < -0.39 is 0 Å². The van der Waals surface area contributed by atoms with Crippen molar-refractivity contribution in [3.05, 3.63) is 41.5 Å². The van der Waals surface area contributed by atoms with Crippen LogP contribution in [0.15, 0.2) is 24.5 Å². The molecule has 1 heterocycles. The monoisotopic (exact) mass is 325 g/mol. The summed E-state index contributed by atoms with van der Waals surface area (Å²) in [6.45, 7) is 2.80. The van der Waals surface area contributed by atoms with Gasteiger partial charge in [0.1, 0.15) is 12.2 Å². The van der Waals surface area contributed by atoms with Crippen molar-refractivity contribution in [2.24, 2.45) is 5.92 Å². The van der Waals surface area contributed by atoms with Crippen LogP contribution in [0, 0.1) is 5.92 Å². The summed E-state index contributed by atoms with van der Waals surface area (Å²) in [7, 11) is 0. The topological polar surface area (TPSA) is 71.8 Å². The Morgan fingerprint density at radius 1 is 1.38 bits per heavy atom. The minimum atomic E-state index is -0.155. The lowest BCUT2D eigenvalue weighted by Crippen LogP contribution is -2.35. The zero-order chi connectivity index (χ0) is 16.5. The second kappa shape index (κ2) is 6.26. The van der Waals surface area contributed by atoms with E-state index in [4.69, 9.17) is 0 Å². The van der Waals surface area contributed by atoms with Gasteiger partial charge in [-0.15, -0.1) is 0 Å². The summed E-state index contributed by atoms with van der Waals surface area (Å²) in [6, 6.07) is 5.94. The van der Waals surface area contributed by atoms with Crippen molar-refractivity contribution in [3.63, 3.8) is 0 Å². The van der Waals surface area contributed by atoms with Gasteiger partial charge in [0.2, 0.25) is 0 Å². The maximum Gasteiger partial charge on any atom is 0.319 e. The molecule has 24 heavy (non-hydrogen) atoms. The van der Waals surface area contributed by atoms with E-state index in [0.717, 1.165) is 43.7 Å². The van der Waals surface area contributed by atoms with Crippen LogP contribution in [-0.2, 0) is 19.4 Å². The number of carbonyl (C=O) groups is 1. The van der Waals surface area contributed by atoms with E-state index in [1.165, 1.54) is 17.5 Å². The molecule has 2 aromatic rings. The van der Waals surface area contributed by atoms with Gasteiger partial charge in [0.15, 0.2) is 0 Å². The molecule has 4 rings (SSSR count). The van der Waals surface area contributed by atoms with Gasteiger partial charge in [-0.2, -0.15) is 5.10 Å². The zero-order valence-electron chi connectivity index (χ0n) is 14.0. The van der Waals surface area contributed by atoms with Crippen LogP contribution in [0.5, 0.6) is 0 Å². The van der Waals surface area contributed by atoms with Crippen LogP contribution in [0.2, 0.25) is 0 Å². The quantitative estimate of drug-likeness (QED) is 0.887. The van der Waals surface area contributed by atoms with Crippen molar-refractivity contribution >= 4 is 11.7 Å². The predicted octanol–water partition coefficient (Wildman–Crippen LogP) is 3.06. The van der Waals surface area contributed by atoms with E-state index in [1.54, 1.807) is 6.33 Å². The average Bonchev–Trinajstić information content (AvgIpc) is 3.11. The van der Waals surface area contributed by atoms with Crippen molar-refractivity contribution in [3.8, 4) is 0 Å². The molecule has 0 saturated heterocycles. The molecule has 1 fully saturated rings. The molecular formula is C18H23N5O. The molecule has 1 saturated carbocycles. The normalized spacial score (nSPS) is 17.4. The number of nitrogens with zero attached hydrogens (tertiary/aromatic N) is 3. The number of nitrogens with one attached hydrogen (secondary N) is 2. The van der Waals surface area contributed by atoms with Crippen LogP contribution in [0.25, 0.3) is 0 Å². The van der Waals surface area contributed by atoms with Gasteiger partial charge in [-0.05, 0) is 62.1 Å². The van der Waals surface area contributed by atoms with Crippen LogP contribution in [0.3, 0.4) is 0 Å². The molecule has 2 aliphatic carbocycles. The van der Waals surface area contributed by atoms with Crippen molar-refractivity contribution < 1.29 is 4.79 Å². The third-order valence-electron chi connectivity index (χ3n) is 5.00. The zero-order valence-corrected chi connectivity index (χ0v) is 14.0. The lowest BCUT2D eigenvalue weighted by Gasteiger charge is -2.19. The van der Waals surface area contributed by atoms with Gasteiger partial charge in [0.25, 0.3) is 0 Å². The summed E-state index contributed by atoms with van der Waals surface area (Å²) >= 11 is 0. The van der Waals surface area contributed by atoms with Crippen molar-refractivity contribution in [2.75, 3.05) is 5.32 Å². The van der Waals surface area contributed by atoms with Gasteiger partial charge in [-0.3, -0.25) is 0 Å². The maximum absolute atomic E-state index is 12.6. The van der Waals surface area contributed by atoms with E-state index in [2.05, 4.69) is 26.8 Å². The smallest absolute Gasteiger partial charge is 0.319 e. The van der Waals surface area contributed by atoms with Crippen LogP contribution in [0.1, 0.15) is 49.2 Å². The first-order valence-electron chi connectivity index (χ1n) is 8.82. The van der Waals surface area contributed by atoms with Crippen molar-refractivity contribution in [1.29, 1.82) is 0 Å². The minimum Gasteiger partial charge on any atom is -0.328 e. The molecule has 0 bridgehead atoms. The minimum absolute atomic E-state index is 0.0655.